The van der Waals surface area contributed by atoms with Gasteiger partial charge in [0.1, 0.15) is 0 Å². The van der Waals surface area contributed by atoms with Crippen LogP contribution in [0.25, 0.3) is 0 Å². The minimum Gasteiger partial charge on any atom is -0.317 e. The molecule has 0 aliphatic carbocycles. The van der Waals surface area contributed by atoms with Crippen molar-refractivity contribution in [2.24, 2.45) is 5.92 Å². The fraction of sp³-hybridized carbons (Fsp3) is 0.700. The van der Waals surface area contributed by atoms with Crippen LogP contribution in [0.15, 0.2) is 10.9 Å². The Labute approximate surface area is 88.9 Å². The molecule has 1 aromatic rings. The molecule has 0 radical (unpaired) electrons. The minimum absolute atomic E-state index is 0.856. The topological polar surface area (TPSA) is 37.0 Å². The number of nitrogens with one attached hydrogen (secondary N) is 2. The van der Waals surface area contributed by atoms with Crippen LogP contribution in [0.1, 0.15) is 18.5 Å². The van der Waals surface area contributed by atoms with E-state index >= 15 is 0 Å². The van der Waals surface area contributed by atoms with E-state index in [-0.39, 0.29) is 0 Å². The molecule has 2 rings (SSSR count). The number of piperidine rings is 1. The van der Waals surface area contributed by atoms with Crippen LogP contribution in [0, 0.1) is 5.92 Å². The predicted octanol–water partition coefficient (Wildman–Crippen LogP) is 1.23. The number of aromatic nitrogens is 1. The smallest absolute Gasteiger partial charge is 0.0795 e. The third-order valence-electron chi connectivity index (χ3n) is 2.68. The first-order chi connectivity index (χ1) is 6.95. The first-order valence-corrected chi connectivity index (χ1v) is 6.18. The van der Waals surface area contributed by atoms with Gasteiger partial charge in [-0.1, -0.05) is 0 Å². The summed E-state index contributed by atoms with van der Waals surface area (Å²) in [7, 11) is 0. The summed E-state index contributed by atoms with van der Waals surface area (Å²) in [5, 5.41) is 8.96. The highest BCUT2D eigenvalue weighted by Crippen LogP contribution is 2.10. The number of rotatable bonds is 4. The Balaban J connectivity index is 1.62. The lowest BCUT2D eigenvalue weighted by molar-refractivity contribution is 0.356. The van der Waals surface area contributed by atoms with Crippen LogP contribution in [0.5, 0.6) is 0 Å². The monoisotopic (exact) mass is 211 g/mol. The van der Waals surface area contributed by atoms with Crippen LogP contribution in [-0.2, 0) is 6.54 Å². The SMILES string of the molecule is c1nc(CNCC2CCNCC2)cs1. The van der Waals surface area contributed by atoms with Crippen molar-refractivity contribution in [3.63, 3.8) is 0 Å². The highest BCUT2D eigenvalue weighted by molar-refractivity contribution is 7.07. The average molecular weight is 211 g/mol. The number of thiazole rings is 1. The van der Waals surface area contributed by atoms with E-state index in [2.05, 4.69) is 21.0 Å². The van der Waals surface area contributed by atoms with Gasteiger partial charge in [-0.05, 0) is 38.4 Å². The van der Waals surface area contributed by atoms with Crippen LogP contribution < -0.4 is 10.6 Å². The molecule has 0 aromatic carbocycles. The molecular formula is C10H17N3S. The van der Waals surface area contributed by atoms with Crippen molar-refractivity contribution < 1.29 is 0 Å². The Morgan fingerprint density at radius 3 is 3.07 bits per heavy atom. The van der Waals surface area contributed by atoms with E-state index in [1.165, 1.54) is 31.6 Å². The van der Waals surface area contributed by atoms with Crippen molar-refractivity contribution in [3.05, 3.63) is 16.6 Å². The zero-order valence-corrected chi connectivity index (χ0v) is 9.15. The number of nitrogens with zero attached hydrogens (tertiary/aromatic N) is 1. The van der Waals surface area contributed by atoms with Crippen molar-refractivity contribution in [1.29, 1.82) is 0 Å². The van der Waals surface area contributed by atoms with Gasteiger partial charge in [0.05, 0.1) is 11.2 Å². The quantitative estimate of drug-likeness (QED) is 0.786. The lowest BCUT2D eigenvalue weighted by atomic mass is 9.98. The molecule has 0 spiro atoms. The van der Waals surface area contributed by atoms with Crippen LogP contribution in [-0.4, -0.2) is 24.6 Å². The first-order valence-electron chi connectivity index (χ1n) is 5.23. The highest BCUT2D eigenvalue weighted by atomic mass is 32.1. The summed E-state index contributed by atoms with van der Waals surface area (Å²) < 4.78 is 0. The van der Waals surface area contributed by atoms with E-state index in [9.17, 15) is 0 Å². The predicted molar refractivity (Wildman–Crippen MR) is 59.4 cm³/mol. The fourth-order valence-electron chi connectivity index (χ4n) is 1.82. The van der Waals surface area contributed by atoms with Crippen LogP contribution >= 0.6 is 11.3 Å². The van der Waals surface area contributed by atoms with Crippen molar-refractivity contribution in [2.45, 2.75) is 19.4 Å². The van der Waals surface area contributed by atoms with E-state index in [1.807, 2.05) is 5.51 Å². The number of hydrogen-bond acceptors (Lipinski definition) is 4. The van der Waals surface area contributed by atoms with Crippen molar-refractivity contribution in [1.82, 2.24) is 15.6 Å². The molecule has 2 heterocycles. The van der Waals surface area contributed by atoms with Gasteiger partial charge in [-0.25, -0.2) is 4.98 Å². The molecule has 1 fully saturated rings. The van der Waals surface area contributed by atoms with E-state index in [0.29, 0.717) is 0 Å². The zero-order valence-electron chi connectivity index (χ0n) is 8.33. The molecule has 78 valence electrons. The molecular weight excluding hydrogens is 194 g/mol. The normalized spacial score (nSPS) is 18.6. The van der Waals surface area contributed by atoms with E-state index in [0.717, 1.165) is 19.0 Å². The van der Waals surface area contributed by atoms with Crippen LogP contribution in [0.3, 0.4) is 0 Å². The first kappa shape index (κ1) is 10.1. The average Bonchev–Trinajstić information content (AvgIpc) is 2.72. The second-order valence-electron chi connectivity index (χ2n) is 3.80. The molecule has 1 saturated heterocycles. The summed E-state index contributed by atoms with van der Waals surface area (Å²) in [5.74, 6) is 0.856. The fourth-order valence-corrected chi connectivity index (χ4v) is 2.37. The van der Waals surface area contributed by atoms with Gasteiger partial charge in [0.2, 0.25) is 0 Å². The summed E-state index contributed by atoms with van der Waals surface area (Å²) in [6.45, 7) is 4.43. The zero-order chi connectivity index (χ0) is 9.64. The molecule has 14 heavy (non-hydrogen) atoms. The Morgan fingerprint density at radius 2 is 2.36 bits per heavy atom. The maximum atomic E-state index is 4.24. The Kier molecular flexibility index (Phi) is 3.91. The maximum Gasteiger partial charge on any atom is 0.0795 e. The second kappa shape index (κ2) is 5.44. The van der Waals surface area contributed by atoms with Gasteiger partial charge in [-0.3, -0.25) is 0 Å². The summed E-state index contributed by atoms with van der Waals surface area (Å²) >= 11 is 1.66. The van der Waals surface area contributed by atoms with Crippen molar-refractivity contribution in [2.75, 3.05) is 19.6 Å². The van der Waals surface area contributed by atoms with Crippen molar-refractivity contribution in [3.8, 4) is 0 Å². The molecule has 2 N–H and O–H groups in total. The lowest BCUT2D eigenvalue weighted by Gasteiger charge is -2.22. The molecule has 3 nitrogen and oxygen atoms in total. The van der Waals surface area contributed by atoms with Crippen LogP contribution in [0.4, 0.5) is 0 Å². The van der Waals surface area contributed by atoms with Gasteiger partial charge in [-0.2, -0.15) is 0 Å². The summed E-state index contributed by atoms with van der Waals surface area (Å²) in [6.07, 6.45) is 2.62. The van der Waals surface area contributed by atoms with E-state index in [4.69, 9.17) is 0 Å². The maximum absolute atomic E-state index is 4.24. The highest BCUT2D eigenvalue weighted by Gasteiger charge is 2.11. The Morgan fingerprint density at radius 1 is 1.50 bits per heavy atom. The van der Waals surface area contributed by atoms with E-state index < -0.39 is 0 Å². The third-order valence-corrected chi connectivity index (χ3v) is 3.32. The molecule has 0 bridgehead atoms. The largest absolute Gasteiger partial charge is 0.317 e. The van der Waals surface area contributed by atoms with Crippen LogP contribution in [0.2, 0.25) is 0 Å². The van der Waals surface area contributed by atoms with Gasteiger partial charge in [0.15, 0.2) is 0 Å². The molecule has 0 unspecified atom stereocenters. The van der Waals surface area contributed by atoms with Gasteiger partial charge in [0.25, 0.3) is 0 Å². The summed E-state index contributed by atoms with van der Waals surface area (Å²) in [4.78, 5) is 4.24. The second-order valence-corrected chi connectivity index (χ2v) is 4.52. The molecule has 0 amide bonds. The molecule has 0 saturated carbocycles. The molecule has 1 aliphatic heterocycles. The molecule has 0 atom stereocenters. The summed E-state index contributed by atoms with van der Waals surface area (Å²) in [5.41, 5.74) is 3.06. The Hall–Kier alpha value is -0.450. The van der Waals surface area contributed by atoms with Gasteiger partial charge in [-0.15, -0.1) is 11.3 Å². The van der Waals surface area contributed by atoms with Gasteiger partial charge >= 0.3 is 0 Å². The van der Waals surface area contributed by atoms with E-state index in [1.54, 1.807) is 11.3 Å². The molecule has 1 aromatic heterocycles. The minimum atomic E-state index is 0.856. The van der Waals surface area contributed by atoms with Gasteiger partial charge in [0, 0.05) is 11.9 Å². The van der Waals surface area contributed by atoms with Crippen molar-refractivity contribution >= 4 is 11.3 Å². The standard InChI is InChI=1S/C10H17N3S/c1-3-11-4-2-9(1)5-12-6-10-7-14-8-13-10/h7-9,11-12H,1-6H2. The third kappa shape index (κ3) is 3.04. The molecule has 1 aliphatic rings. The number of hydrogen-bond donors (Lipinski definition) is 2. The molecule has 4 heteroatoms. The van der Waals surface area contributed by atoms with Gasteiger partial charge < -0.3 is 10.6 Å². The lowest BCUT2D eigenvalue weighted by Crippen LogP contribution is -2.33. The summed E-state index contributed by atoms with van der Waals surface area (Å²) in [6, 6.07) is 0. The Bertz CT molecular complexity index is 242.